The van der Waals surface area contributed by atoms with Gasteiger partial charge in [-0.15, -0.1) is 0 Å². The zero-order valence-corrected chi connectivity index (χ0v) is 16.6. The van der Waals surface area contributed by atoms with Crippen molar-refractivity contribution >= 4 is 33.3 Å². The first-order valence-corrected chi connectivity index (χ1v) is 10.8. The van der Waals surface area contributed by atoms with E-state index < -0.39 is 16.0 Å². The lowest BCUT2D eigenvalue weighted by Crippen LogP contribution is -2.35. The van der Waals surface area contributed by atoms with Crippen LogP contribution in [0.3, 0.4) is 0 Å². The van der Waals surface area contributed by atoms with E-state index in [9.17, 15) is 18.0 Å². The summed E-state index contributed by atoms with van der Waals surface area (Å²) in [4.78, 5) is 23.1. The highest BCUT2D eigenvalue weighted by Gasteiger charge is 2.25. The average Bonchev–Trinajstić information content (AvgIpc) is 2.73. The number of rotatable bonds is 7. The van der Waals surface area contributed by atoms with E-state index in [0.29, 0.717) is 24.5 Å². The minimum atomic E-state index is -3.50. The van der Waals surface area contributed by atoms with Gasteiger partial charge in [-0.1, -0.05) is 6.42 Å². The number of aromatic carboxylic acids is 1. The quantitative estimate of drug-likeness (QED) is 0.638. The van der Waals surface area contributed by atoms with Crippen LogP contribution in [0, 0.1) is 0 Å². The van der Waals surface area contributed by atoms with Crippen molar-refractivity contribution in [3.8, 4) is 0 Å². The number of benzene rings is 2. The standard InChI is InChI=1S/C20H23N3O5S/c24-19(14-21-16-6-4-15(5-7-16)20(25)26)22-17-8-10-18(11-9-17)29(27,28)23-12-2-1-3-13-23/h4-11,21H,1-3,12-14H2,(H,22,24)(H,25,26). The zero-order chi connectivity index (χ0) is 20.9. The fraction of sp³-hybridized carbons (Fsp3) is 0.300. The minimum absolute atomic E-state index is 0.0136. The molecule has 0 saturated carbocycles. The molecule has 2 aromatic rings. The van der Waals surface area contributed by atoms with Gasteiger partial charge in [0.05, 0.1) is 17.0 Å². The molecule has 1 amide bonds. The van der Waals surface area contributed by atoms with Crippen molar-refractivity contribution in [1.29, 1.82) is 0 Å². The maximum atomic E-state index is 12.6. The van der Waals surface area contributed by atoms with Gasteiger partial charge in [0.1, 0.15) is 0 Å². The molecule has 1 fully saturated rings. The molecule has 29 heavy (non-hydrogen) atoms. The highest BCUT2D eigenvalue weighted by molar-refractivity contribution is 7.89. The molecule has 1 heterocycles. The second-order valence-electron chi connectivity index (χ2n) is 6.77. The largest absolute Gasteiger partial charge is 0.478 e. The second-order valence-corrected chi connectivity index (χ2v) is 8.71. The fourth-order valence-electron chi connectivity index (χ4n) is 3.08. The number of anilines is 2. The van der Waals surface area contributed by atoms with Crippen LogP contribution in [0.15, 0.2) is 53.4 Å². The highest BCUT2D eigenvalue weighted by atomic mass is 32.2. The van der Waals surface area contributed by atoms with E-state index in [4.69, 9.17) is 5.11 Å². The molecule has 9 heteroatoms. The molecule has 3 N–H and O–H groups in total. The summed E-state index contributed by atoms with van der Waals surface area (Å²) in [5.41, 5.74) is 1.28. The summed E-state index contributed by atoms with van der Waals surface area (Å²) in [6, 6.07) is 12.2. The topological polar surface area (TPSA) is 116 Å². The Morgan fingerprint density at radius 2 is 1.48 bits per heavy atom. The van der Waals surface area contributed by atoms with Gasteiger partial charge in [0.2, 0.25) is 15.9 Å². The average molecular weight is 417 g/mol. The Kier molecular flexibility index (Phi) is 6.50. The van der Waals surface area contributed by atoms with E-state index in [1.54, 1.807) is 24.3 Å². The van der Waals surface area contributed by atoms with E-state index in [-0.39, 0.29) is 22.9 Å². The molecule has 0 aromatic heterocycles. The van der Waals surface area contributed by atoms with Crippen LogP contribution in [-0.2, 0) is 14.8 Å². The minimum Gasteiger partial charge on any atom is -0.478 e. The van der Waals surface area contributed by atoms with Gasteiger partial charge in [-0.25, -0.2) is 13.2 Å². The number of piperidine rings is 1. The smallest absolute Gasteiger partial charge is 0.335 e. The normalized spacial score (nSPS) is 14.9. The van der Waals surface area contributed by atoms with Gasteiger partial charge in [0.25, 0.3) is 0 Å². The first kappa shape index (κ1) is 20.8. The molecule has 1 saturated heterocycles. The molecule has 1 aliphatic heterocycles. The maximum Gasteiger partial charge on any atom is 0.335 e. The van der Waals surface area contributed by atoms with E-state index in [1.807, 2.05) is 0 Å². The molecular formula is C20H23N3O5S. The summed E-state index contributed by atoms with van der Waals surface area (Å²) in [6.07, 6.45) is 2.80. The number of amides is 1. The van der Waals surface area contributed by atoms with Crippen LogP contribution in [0.5, 0.6) is 0 Å². The van der Waals surface area contributed by atoms with Gasteiger partial charge in [0.15, 0.2) is 0 Å². The molecule has 0 spiro atoms. The Morgan fingerprint density at radius 3 is 2.07 bits per heavy atom. The van der Waals surface area contributed by atoms with Crippen molar-refractivity contribution in [2.24, 2.45) is 0 Å². The van der Waals surface area contributed by atoms with E-state index in [1.165, 1.54) is 28.6 Å². The monoisotopic (exact) mass is 417 g/mol. The predicted octanol–water partition coefficient (Wildman–Crippen LogP) is 2.61. The van der Waals surface area contributed by atoms with E-state index >= 15 is 0 Å². The first-order chi connectivity index (χ1) is 13.9. The van der Waals surface area contributed by atoms with Crippen molar-refractivity contribution < 1.29 is 23.1 Å². The number of nitrogens with zero attached hydrogens (tertiary/aromatic N) is 1. The lowest BCUT2D eigenvalue weighted by atomic mass is 10.2. The summed E-state index contributed by atoms with van der Waals surface area (Å²) in [6.45, 7) is 1.07. The van der Waals surface area contributed by atoms with Crippen molar-refractivity contribution in [3.05, 3.63) is 54.1 Å². The molecule has 3 rings (SSSR count). The Morgan fingerprint density at radius 1 is 0.897 bits per heavy atom. The third-order valence-electron chi connectivity index (χ3n) is 4.68. The van der Waals surface area contributed by atoms with Crippen LogP contribution >= 0.6 is 0 Å². The molecule has 2 aromatic carbocycles. The molecule has 8 nitrogen and oxygen atoms in total. The highest BCUT2D eigenvalue weighted by Crippen LogP contribution is 2.22. The number of hydrogen-bond donors (Lipinski definition) is 3. The number of carboxylic acids is 1. The Balaban J connectivity index is 1.55. The lowest BCUT2D eigenvalue weighted by molar-refractivity contribution is -0.114. The first-order valence-electron chi connectivity index (χ1n) is 9.33. The summed E-state index contributed by atoms with van der Waals surface area (Å²) in [5.74, 6) is -1.32. The predicted molar refractivity (Wildman–Crippen MR) is 110 cm³/mol. The number of hydrogen-bond acceptors (Lipinski definition) is 5. The van der Waals surface area contributed by atoms with Gasteiger partial charge in [-0.3, -0.25) is 4.79 Å². The van der Waals surface area contributed by atoms with Crippen molar-refractivity contribution in [2.45, 2.75) is 24.2 Å². The van der Waals surface area contributed by atoms with E-state index in [2.05, 4.69) is 10.6 Å². The van der Waals surface area contributed by atoms with Crippen LogP contribution in [0.2, 0.25) is 0 Å². The number of carbonyl (C=O) groups excluding carboxylic acids is 1. The zero-order valence-electron chi connectivity index (χ0n) is 15.8. The Bertz CT molecular complexity index is 966. The van der Waals surface area contributed by atoms with Crippen LogP contribution in [0.25, 0.3) is 0 Å². The number of sulfonamides is 1. The molecule has 0 bridgehead atoms. The second kappa shape index (κ2) is 9.06. The van der Waals surface area contributed by atoms with E-state index in [0.717, 1.165) is 19.3 Å². The molecular weight excluding hydrogens is 394 g/mol. The van der Waals surface area contributed by atoms with Crippen LogP contribution in [-0.4, -0.2) is 49.3 Å². The van der Waals surface area contributed by atoms with Crippen LogP contribution in [0.4, 0.5) is 11.4 Å². The van der Waals surface area contributed by atoms with Gasteiger partial charge < -0.3 is 15.7 Å². The van der Waals surface area contributed by atoms with Crippen molar-refractivity contribution in [3.63, 3.8) is 0 Å². The molecule has 0 aliphatic carbocycles. The SMILES string of the molecule is O=C(CNc1ccc(C(=O)O)cc1)Nc1ccc(S(=O)(=O)N2CCCCC2)cc1. The van der Waals surface area contributed by atoms with Gasteiger partial charge in [-0.05, 0) is 61.4 Å². The van der Waals surface area contributed by atoms with Gasteiger partial charge in [-0.2, -0.15) is 4.31 Å². The molecule has 0 atom stereocenters. The molecule has 0 radical (unpaired) electrons. The molecule has 0 unspecified atom stereocenters. The third-order valence-corrected chi connectivity index (χ3v) is 6.59. The summed E-state index contributed by atoms with van der Waals surface area (Å²) in [7, 11) is -3.50. The van der Waals surface area contributed by atoms with Gasteiger partial charge in [0, 0.05) is 24.5 Å². The maximum absolute atomic E-state index is 12.6. The lowest BCUT2D eigenvalue weighted by Gasteiger charge is -2.25. The number of carboxylic acid groups (broad SMARTS) is 1. The van der Waals surface area contributed by atoms with Gasteiger partial charge >= 0.3 is 5.97 Å². The molecule has 154 valence electrons. The van der Waals surface area contributed by atoms with Crippen LogP contribution < -0.4 is 10.6 Å². The van der Waals surface area contributed by atoms with Crippen molar-refractivity contribution in [2.75, 3.05) is 30.3 Å². The van der Waals surface area contributed by atoms with Crippen LogP contribution in [0.1, 0.15) is 29.6 Å². The fourth-order valence-corrected chi connectivity index (χ4v) is 4.60. The van der Waals surface area contributed by atoms with Crippen molar-refractivity contribution in [1.82, 2.24) is 4.31 Å². The number of nitrogens with one attached hydrogen (secondary N) is 2. The number of carbonyl (C=O) groups is 2. The summed E-state index contributed by atoms with van der Waals surface area (Å²) in [5, 5.41) is 14.5. The third kappa shape index (κ3) is 5.33. The summed E-state index contributed by atoms with van der Waals surface area (Å²) >= 11 is 0. The molecule has 1 aliphatic rings. The summed E-state index contributed by atoms with van der Waals surface area (Å²) < 4.78 is 26.8. The Labute approximate surface area is 169 Å². The Hall–Kier alpha value is -2.91.